The van der Waals surface area contributed by atoms with Crippen molar-refractivity contribution < 1.29 is 9.53 Å². The highest BCUT2D eigenvalue weighted by Gasteiger charge is 2.33. The Labute approximate surface area is 147 Å². The summed E-state index contributed by atoms with van der Waals surface area (Å²) in [7, 11) is 1.68. The Hall–Kier alpha value is -1.66. The van der Waals surface area contributed by atoms with E-state index in [4.69, 9.17) is 5.26 Å². The molecule has 0 aromatic heterocycles. The highest BCUT2D eigenvalue weighted by atomic mass is 16.5. The van der Waals surface area contributed by atoms with E-state index in [1.54, 1.807) is 7.11 Å². The van der Waals surface area contributed by atoms with Gasteiger partial charge in [0.1, 0.15) is 6.29 Å². The number of nitrogens with zero attached hydrogens (tertiary/aromatic N) is 1. The first-order valence-corrected chi connectivity index (χ1v) is 8.93. The second-order valence-corrected chi connectivity index (χ2v) is 7.20. The van der Waals surface area contributed by atoms with Crippen LogP contribution in [0.2, 0.25) is 0 Å². The van der Waals surface area contributed by atoms with E-state index in [-0.39, 0.29) is 5.92 Å². The van der Waals surface area contributed by atoms with Gasteiger partial charge in [-0.05, 0) is 67.2 Å². The molecule has 3 unspecified atom stereocenters. The topological polar surface area (TPSA) is 50.1 Å². The minimum atomic E-state index is -0.0205. The van der Waals surface area contributed by atoms with Crippen molar-refractivity contribution in [3.8, 4) is 6.07 Å². The van der Waals surface area contributed by atoms with E-state index in [2.05, 4.69) is 31.6 Å². The van der Waals surface area contributed by atoms with Gasteiger partial charge in [-0.1, -0.05) is 26.8 Å². The zero-order valence-electron chi connectivity index (χ0n) is 15.7. The molecule has 1 aromatic rings. The van der Waals surface area contributed by atoms with Crippen LogP contribution in [-0.4, -0.2) is 20.0 Å². The Morgan fingerprint density at radius 1 is 1.38 bits per heavy atom. The van der Waals surface area contributed by atoms with Crippen molar-refractivity contribution in [3.05, 3.63) is 34.9 Å². The van der Waals surface area contributed by atoms with Gasteiger partial charge in [-0.2, -0.15) is 5.26 Å². The second kappa shape index (κ2) is 10.3. The molecule has 24 heavy (non-hydrogen) atoms. The number of ether oxygens (including phenoxy) is 1. The highest BCUT2D eigenvalue weighted by Crippen LogP contribution is 2.41. The van der Waals surface area contributed by atoms with Gasteiger partial charge in [0.05, 0.1) is 11.6 Å². The fourth-order valence-corrected chi connectivity index (χ4v) is 3.66. The third kappa shape index (κ3) is 5.76. The van der Waals surface area contributed by atoms with Crippen molar-refractivity contribution in [1.29, 1.82) is 5.26 Å². The average Bonchev–Trinajstić information content (AvgIpc) is 2.89. The maximum absolute atomic E-state index is 11.5. The number of methoxy groups -OCH3 is 1. The molecule has 0 bridgehead atoms. The Kier molecular flexibility index (Phi) is 8.71. The zero-order chi connectivity index (χ0) is 18.1. The number of rotatable bonds is 6. The van der Waals surface area contributed by atoms with Crippen LogP contribution in [0.5, 0.6) is 0 Å². The van der Waals surface area contributed by atoms with Crippen molar-refractivity contribution >= 4 is 6.29 Å². The summed E-state index contributed by atoms with van der Waals surface area (Å²) >= 11 is 0. The highest BCUT2D eigenvalue weighted by molar-refractivity contribution is 5.67. The molecule has 0 spiro atoms. The van der Waals surface area contributed by atoms with Crippen molar-refractivity contribution in [2.75, 3.05) is 13.7 Å². The van der Waals surface area contributed by atoms with Gasteiger partial charge in [-0.3, -0.25) is 0 Å². The molecule has 0 fully saturated rings. The third-order valence-electron chi connectivity index (χ3n) is 4.64. The summed E-state index contributed by atoms with van der Waals surface area (Å²) in [5.41, 5.74) is 3.00. The summed E-state index contributed by atoms with van der Waals surface area (Å²) in [4.78, 5) is 11.5. The summed E-state index contributed by atoms with van der Waals surface area (Å²) in [6.07, 6.45) is 4.37. The minimum Gasteiger partial charge on any atom is -0.385 e. The Morgan fingerprint density at radius 2 is 2.04 bits per heavy atom. The van der Waals surface area contributed by atoms with Gasteiger partial charge in [-0.25, -0.2) is 0 Å². The quantitative estimate of drug-likeness (QED) is 0.708. The summed E-state index contributed by atoms with van der Waals surface area (Å²) in [5, 5.41) is 9.00. The third-order valence-corrected chi connectivity index (χ3v) is 4.64. The number of fused-ring (bicyclic) bond motifs is 1. The maximum atomic E-state index is 11.5. The van der Waals surface area contributed by atoms with Crippen LogP contribution in [0.3, 0.4) is 0 Å². The number of aldehydes is 1. The zero-order valence-corrected chi connectivity index (χ0v) is 15.7. The minimum absolute atomic E-state index is 0.0205. The molecule has 1 aliphatic rings. The van der Waals surface area contributed by atoms with Gasteiger partial charge < -0.3 is 9.53 Å². The number of hydrogen-bond acceptors (Lipinski definition) is 3. The molecule has 0 radical (unpaired) electrons. The van der Waals surface area contributed by atoms with Crippen LogP contribution in [0, 0.1) is 29.1 Å². The summed E-state index contributed by atoms with van der Waals surface area (Å²) in [5.74, 6) is 1.74. The average molecular weight is 329 g/mol. The lowest BCUT2D eigenvalue weighted by atomic mass is 9.83. The van der Waals surface area contributed by atoms with E-state index in [9.17, 15) is 4.79 Å². The first kappa shape index (κ1) is 20.4. The summed E-state index contributed by atoms with van der Waals surface area (Å²) < 4.78 is 4.54. The van der Waals surface area contributed by atoms with Gasteiger partial charge in [0.2, 0.25) is 0 Å². The standard InChI is InChI=1S/C18H23NO.C3H8O/c1-12(2)6-13(3)7-16-9-15-5-4-14(10-19)8-17(15)18(16)11-20;1-3-4-2/h4-5,8,11-13,16,18H,6-7,9H2,1-3H3;3H2,1-2H3. The largest absolute Gasteiger partial charge is 0.385 e. The molecule has 0 aliphatic heterocycles. The van der Waals surface area contributed by atoms with Crippen LogP contribution in [0.4, 0.5) is 0 Å². The second-order valence-electron chi connectivity index (χ2n) is 7.20. The molecule has 0 N–H and O–H groups in total. The fourth-order valence-electron chi connectivity index (χ4n) is 3.66. The van der Waals surface area contributed by atoms with Gasteiger partial charge >= 0.3 is 0 Å². The molecule has 3 heteroatoms. The first-order chi connectivity index (χ1) is 11.5. The molecular formula is C21H31NO2. The molecule has 0 heterocycles. The van der Waals surface area contributed by atoms with Crippen LogP contribution in [0.25, 0.3) is 0 Å². The van der Waals surface area contributed by atoms with E-state index >= 15 is 0 Å². The number of benzene rings is 1. The molecular weight excluding hydrogens is 298 g/mol. The molecule has 0 amide bonds. The lowest BCUT2D eigenvalue weighted by Gasteiger charge is -2.21. The number of nitriles is 1. The predicted molar refractivity (Wildman–Crippen MR) is 97.9 cm³/mol. The lowest BCUT2D eigenvalue weighted by Crippen LogP contribution is -2.14. The number of carbonyl (C=O) groups excluding carboxylic acids is 1. The van der Waals surface area contributed by atoms with Gasteiger partial charge in [-0.15, -0.1) is 0 Å². The number of hydrogen-bond donors (Lipinski definition) is 0. The Bertz CT molecular complexity index is 557. The van der Waals surface area contributed by atoms with Crippen molar-refractivity contribution in [3.63, 3.8) is 0 Å². The first-order valence-electron chi connectivity index (χ1n) is 8.93. The molecule has 1 aromatic carbocycles. The Balaban J connectivity index is 0.000000648. The van der Waals surface area contributed by atoms with Gasteiger partial charge in [0.15, 0.2) is 0 Å². The van der Waals surface area contributed by atoms with Gasteiger partial charge in [0, 0.05) is 19.6 Å². The maximum Gasteiger partial charge on any atom is 0.127 e. The van der Waals surface area contributed by atoms with Crippen molar-refractivity contribution in [1.82, 2.24) is 0 Å². The van der Waals surface area contributed by atoms with E-state index < -0.39 is 0 Å². The molecule has 132 valence electrons. The molecule has 0 saturated heterocycles. The molecule has 2 rings (SSSR count). The van der Waals surface area contributed by atoms with E-state index in [0.29, 0.717) is 23.3 Å². The SMILES string of the molecule is CC(C)CC(C)CC1Cc2ccc(C#N)cc2C1C=O.CCOC. The van der Waals surface area contributed by atoms with Crippen LogP contribution in [0.1, 0.15) is 63.1 Å². The summed E-state index contributed by atoms with van der Waals surface area (Å²) in [6.45, 7) is 9.55. The summed E-state index contributed by atoms with van der Waals surface area (Å²) in [6, 6.07) is 7.96. The molecule has 3 atom stereocenters. The monoisotopic (exact) mass is 329 g/mol. The van der Waals surface area contributed by atoms with Gasteiger partial charge in [0.25, 0.3) is 0 Å². The molecule has 0 saturated carbocycles. The lowest BCUT2D eigenvalue weighted by molar-refractivity contribution is -0.110. The van der Waals surface area contributed by atoms with E-state index in [1.165, 1.54) is 12.0 Å². The van der Waals surface area contributed by atoms with E-state index in [0.717, 1.165) is 31.3 Å². The Morgan fingerprint density at radius 3 is 2.54 bits per heavy atom. The van der Waals surface area contributed by atoms with Crippen LogP contribution in [-0.2, 0) is 16.0 Å². The fraction of sp³-hybridized carbons (Fsp3) is 0.619. The predicted octanol–water partition coefficient (Wildman–Crippen LogP) is 4.74. The van der Waals surface area contributed by atoms with Crippen LogP contribution >= 0.6 is 0 Å². The van der Waals surface area contributed by atoms with E-state index in [1.807, 2.05) is 25.1 Å². The molecule has 3 nitrogen and oxygen atoms in total. The van der Waals surface area contributed by atoms with Crippen molar-refractivity contribution in [2.45, 2.75) is 52.9 Å². The van der Waals surface area contributed by atoms with Crippen molar-refractivity contribution in [2.24, 2.45) is 17.8 Å². The molecule has 1 aliphatic carbocycles. The van der Waals surface area contributed by atoms with Crippen LogP contribution < -0.4 is 0 Å². The number of carbonyl (C=O) groups is 1. The smallest absolute Gasteiger partial charge is 0.127 e. The van der Waals surface area contributed by atoms with Crippen LogP contribution in [0.15, 0.2) is 18.2 Å². The normalized spacial score (nSPS) is 19.9.